The normalized spacial score (nSPS) is 27.9. The zero-order chi connectivity index (χ0) is 9.68. The summed E-state index contributed by atoms with van der Waals surface area (Å²) < 4.78 is 0. The topological polar surface area (TPSA) is 52.5 Å². The Balaban J connectivity index is 2.13. The van der Waals surface area contributed by atoms with Gasteiger partial charge in [-0.15, -0.1) is 0 Å². The lowest BCUT2D eigenvalue weighted by atomic mass is 9.81. The molecule has 0 aromatic heterocycles. The molecule has 0 radical (unpaired) electrons. The van der Waals surface area contributed by atoms with E-state index in [0.29, 0.717) is 12.4 Å². The zero-order valence-electron chi connectivity index (χ0n) is 8.37. The Morgan fingerprint density at radius 2 is 2.15 bits per heavy atom. The van der Waals surface area contributed by atoms with E-state index in [9.17, 15) is 0 Å². The average molecular weight is 185 g/mol. The molecule has 3 nitrogen and oxygen atoms in total. The molecule has 13 heavy (non-hydrogen) atoms. The van der Waals surface area contributed by atoms with Crippen LogP contribution in [-0.4, -0.2) is 30.3 Å². The molecule has 2 atom stereocenters. The van der Waals surface area contributed by atoms with Crippen molar-refractivity contribution in [3.05, 3.63) is 0 Å². The predicted molar refractivity (Wildman–Crippen MR) is 54.4 cm³/mol. The Bertz CT molecular complexity index is 144. The van der Waals surface area contributed by atoms with Crippen LogP contribution < -0.4 is 5.32 Å². The van der Waals surface area contributed by atoms with Crippen molar-refractivity contribution in [2.45, 2.75) is 44.5 Å². The number of hydrogen-bond donors (Lipinski definition) is 3. The van der Waals surface area contributed by atoms with Gasteiger partial charge in [0.1, 0.15) is 0 Å². The fourth-order valence-electron chi connectivity index (χ4n) is 2.33. The van der Waals surface area contributed by atoms with E-state index in [4.69, 9.17) is 10.0 Å². The lowest BCUT2D eigenvalue weighted by Gasteiger charge is -2.18. The van der Waals surface area contributed by atoms with Crippen LogP contribution >= 0.6 is 0 Å². The van der Waals surface area contributed by atoms with Crippen LogP contribution in [0.1, 0.15) is 32.1 Å². The maximum atomic E-state index is 8.69. The zero-order valence-corrected chi connectivity index (χ0v) is 8.37. The Labute approximate surface area is 80.7 Å². The molecule has 1 rings (SSSR count). The second-order valence-corrected chi connectivity index (χ2v) is 4.00. The second kappa shape index (κ2) is 5.63. The minimum Gasteiger partial charge on any atom is -0.427 e. The van der Waals surface area contributed by atoms with Crippen LogP contribution in [0.25, 0.3) is 0 Å². The van der Waals surface area contributed by atoms with Gasteiger partial charge >= 0.3 is 7.12 Å². The summed E-state index contributed by atoms with van der Waals surface area (Å²) in [5, 5.41) is 20.7. The fourth-order valence-corrected chi connectivity index (χ4v) is 2.33. The molecule has 1 aliphatic rings. The van der Waals surface area contributed by atoms with Gasteiger partial charge in [-0.25, -0.2) is 0 Å². The molecule has 0 saturated heterocycles. The van der Waals surface area contributed by atoms with E-state index in [2.05, 4.69) is 5.32 Å². The first-order chi connectivity index (χ1) is 6.24. The van der Waals surface area contributed by atoms with E-state index in [1.165, 1.54) is 19.3 Å². The highest BCUT2D eigenvalue weighted by Crippen LogP contribution is 2.29. The summed E-state index contributed by atoms with van der Waals surface area (Å²) in [4.78, 5) is 0. The van der Waals surface area contributed by atoms with E-state index in [1.54, 1.807) is 0 Å². The molecule has 0 bridgehead atoms. The third-order valence-electron chi connectivity index (χ3n) is 3.07. The first kappa shape index (κ1) is 11.0. The highest BCUT2D eigenvalue weighted by molar-refractivity contribution is 6.40. The van der Waals surface area contributed by atoms with E-state index in [0.717, 1.165) is 18.8 Å². The second-order valence-electron chi connectivity index (χ2n) is 4.00. The molecular weight excluding hydrogens is 165 g/mol. The Hall–Kier alpha value is -0.0551. The number of hydrogen-bond acceptors (Lipinski definition) is 3. The molecule has 0 amide bonds. The summed E-state index contributed by atoms with van der Waals surface area (Å²) in [6, 6.07) is 0.663. The van der Waals surface area contributed by atoms with Gasteiger partial charge in [0.2, 0.25) is 0 Å². The molecule has 0 spiro atoms. The van der Waals surface area contributed by atoms with Gasteiger partial charge in [0.05, 0.1) is 0 Å². The van der Waals surface area contributed by atoms with Crippen molar-refractivity contribution in [1.82, 2.24) is 5.32 Å². The van der Waals surface area contributed by atoms with Crippen molar-refractivity contribution in [3.63, 3.8) is 0 Å². The van der Waals surface area contributed by atoms with Gasteiger partial charge in [-0.3, -0.25) is 0 Å². The third-order valence-corrected chi connectivity index (χ3v) is 3.07. The molecule has 1 fully saturated rings. The molecule has 0 heterocycles. The lowest BCUT2D eigenvalue weighted by Crippen LogP contribution is -2.29. The molecule has 76 valence electrons. The molecule has 0 unspecified atom stereocenters. The van der Waals surface area contributed by atoms with Crippen LogP contribution in [0, 0.1) is 5.92 Å². The summed E-state index contributed by atoms with van der Waals surface area (Å²) >= 11 is 0. The lowest BCUT2D eigenvalue weighted by molar-refractivity contribution is 0.375. The van der Waals surface area contributed by atoms with E-state index < -0.39 is 7.12 Å². The Morgan fingerprint density at radius 1 is 1.38 bits per heavy atom. The molecule has 0 aliphatic heterocycles. The SMILES string of the molecule is CN[C@H]1CCC[C@@H]1CCCB(O)O. The van der Waals surface area contributed by atoms with Crippen LogP contribution in [0.3, 0.4) is 0 Å². The first-order valence-corrected chi connectivity index (χ1v) is 5.27. The standard InChI is InChI=1S/C9H20BNO2/c1-11-9-6-2-4-8(9)5-3-7-10(12)13/h8-9,11-13H,2-7H2,1H3/t8-,9+/m1/s1. The summed E-state index contributed by atoms with van der Waals surface area (Å²) in [6.45, 7) is 0. The van der Waals surface area contributed by atoms with Gasteiger partial charge < -0.3 is 15.4 Å². The Kier molecular flexibility index (Phi) is 4.77. The van der Waals surface area contributed by atoms with Gasteiger partial charge in [0.25, 0.3) is 0 Å². The number of nitrogens with one attached hydrogen (secondary N) is 1. The smallest absolute Gasteiger partial charge is 0.427 e. The highest BCUT2D eigenvalue weighted by atomic mass is 16.4. The maximum absolute atomic E-state index is 8.69. The van der Waals surface area contributed by atoms with Crippen LogP contribution in [-0.2, 0) is 0 Å². The maximum Gasteiger partial charge on any atom is 0.451 e. The van der Waals surface area contributed by atoms with Gasteiger partial charge in [-0.2, -0.15) is 0 Å². The van der Waals surface area contributed by atoms with Gasteiger partial charge in [0, 0.05) is 6.04 Å². The molecule has 3 N–H and O–H groups in total. The van der Waals surface area contributed by atoms with Crippen LogP contribution in [0.4, 0.5) is 0 Å². The first-order valence-electron chi connectivity index (χ1n) is 5.27. The highest BCUT2D eigenvalue weighted by Gasteiger charge is 2.25. The van der Waals surface area contributed by atoms with Crippen LogP contribution in [0.2, 0.25) is 6.32 Å². The van der Waals surface area contributed by atoms with Gasteiger partial charge in [0.15, 0.2) is 0 Å². The molecular formula is C9H20BNO2. The summed E-state index contributed by atoms with van der Waals surface area (Å²) in [6.07, 6.45) is 6.48. The van der Waals surface area contributed by atoms with Crippen molar-refractivity contribution in [1.29, 1.82) is 0 Å². The molecule has 0 aromatic carbocycles. The molecule has 0 aromatic rings. The summed E-state index contributed by atoms with van der Waals surface area (Å²) in [7, 11) is 0.901. The molecule has 1 saturated carbocycles. The third kappa shape index (κ3) is 3.67. The summed E-state index contributed by atoms with van der Waals surface area (Å²) in [5.41, 5.74) is 0. The monoisotopic (exact) mass is 185 g/mol. The predicted octanol–water partition coefficient (Wildman–Crippen LogP) is 0.627. The quantitative estimate of drug-likeness (QED) is 0.550. The van der Waals surface area contributed by atoms with Crippen LogP contribution in [0.15, 0.2) is 0 Å². The van der Waals surface area contributed by atoms with Crippen molar-refractivity contribution in [2.24, 2.45) is 5.92 Å². The van der Waals surface area contributed by atoms with Gasteiger partial charge in [-0.05, 0) is 38.5 Å². The fraction of sp³-hybridized carbons (Fsp3) is 1.00. The summed E-state index contributed by atoms with van der Waals surface area (Å²) in [5.74, 6) is 0.753. The van der Waals surface area contributed by atoms with Crippen molar-refractivity contribution >= 4 is 7.12 Å². The largest absolute Gasteiger partial charge is 0.451 e. The molecule has 1 aliphatic carbocycles. The Morgan fingerprint density at radius 3 is 2.77 bits per heavy atom. The minimum atomic E-state index is -1.12. The van der Waals surface area contributed by atoms with Crippen molar-refractivity contribution in [3.8, 4) is 0 Å². The van der Waals surface area contributed by atoms with Gasteiger partial charge in [-0.1, -0.05) is 12.8 Å². The minimum absolute atomic E-state index is 0.521. The van der Waals surface area contributed by atoms with E-state index in [-0.39, 0.29) is 0 Å². The van der Waals surface area contributed by atoms with Crippen molar-refractivity contribution < 1.29 is 10.0 Å². The van der Waals surface area contributed by atoms with Crippen LogP contribution in [0.5, 0.6) is 0 Å². The van der Waals surface area contributed by atoms with E-state index in [1.807, 2.05) is 7.05 Å². The molecule has 4 heteroatoms. The van der Waals surface area contributed by atoms with Crippen molar-refractivity contribution in [2.75, 3.05) is 7.05 Å². The number of rotatable bonds is 5. The van der Waals surface area contributed by atoms with E-state index >= 15 is 0 Å². The average Bonchev–Trinajstić information content (AvgIpc) is 2.51.